The first kappa shape index (κ1) is 29.1. The highest BCUT2D eigenvalue weighted by atomic mass is 35.5. The van der Waals surface area contributed by atoms with Crippen LogP contribution in [0.2, 0.25) is 10.0 Å². The van der Waals surface area contributed by atoms with Gasteiger partial charge < -0.3 is 28.7 Å². The fourth-order valence-electron chi connectivity index (χ4n) is 4.50. The molecule has 1 aliphatic rings. The molecular formula is C30H30Cl2N2O6. The van der Waals surface area contributed by atoms with E-state index in [2.05, 4.69) is 0 Å². The molecule has 1 heterocycles. The zero-order valence-electron chi connectivity index (χ0n) is 22.7. The number of hydrogen-bond donors (Lipinski definition) is 0. The molecule has 8 nitrogen and oxygen atoms in total. The standard InChI is InChI=1S/C30H30Cl2N2O6/c1-37-22-8-5-19(6-9-22)23(20-7-10-24(31)25(32)15-20)18-28(35)33-11-13-34(14-12-33)30(36)21-16-26(38-2)29(40-4)27(17-21)39-3/h5-10,15-18H,11-14H2,1-4H3/b23-18-. The minimum atomic E-state index is -0.184. The van der Waals surface area contributed by atoms with Gasteiger partial charge in [-0.25, -0.2) is 0 Å². The van der Waals surface area contributed by atoms with E-state index in [0.29, 0.717) is 70.4 Å². The quantitative estimate of drug-likeness (QED) is 0.328. The molecule has 0 N–H and O–H groups in total. The van der Waals surface area contributed by atoms with E-state index < -0.39 is 0 Å². The Morgan fingerprint density at radius 2 is 1.25 bits per heavy atom. The van der Waals surface area contributed by atoms with Crippen molar-refractivity contribution in [1.82, 2.24) is 9.80 Å². The summed E-state index contributed by atoms with van der Waals surface area (Å²) in [7, 11) is 6.11. The van der Waals surface area contributed by atoms with Crippen molar-refractivity contribution in [2.45, 2.75) is 0 Å². The fourth-order valence-corrected chi connectivity index (χ4v) is 4.80. The molecule has 10 heteroatoms. The summed E-state index contributed by atoms with van der Waals surface area (Å²) in [5.41, 5.74) is 2.69. The van der Waals surface area contributed by atoms with E-state index in [1.165, 1.54) is 21.3 Å². The van der Waals surface area contributed by atoms with Crippen molar-refractivity contribution in [3.63, 3.8) is 0 Å². The van der Waals surface area contributed by atoms with Gasteiger partial charge in [0.2, 0.25) is 11.7 Å². The Kier molecular flexibility index (Phi) is 9.45. The maximum Gasteiger partial charge on any atom is 0.254 e. The molecule has 1 aliphatic heterocycles. The number of halogens is 2. The molecule has 1 fully saturated rings. The molecule has 1 saturated heterocycles. The van der Waals surface area contributed by atoms with Gasteiger partial charge in [-0.2, -0.15) is 0 Å². The Labute approximate surface area is 243 Å². The molecule has 40 heavy (non-hydrogen) atoms. The van der Waals surface area contributed by atoms with Crippen LogP contribution in [0.5, 0.6) is 23.0 Å². The summed E-state index contributed by atoms with van der Waals surface area (Å²) in [5.74, 6) is 1.57. The maximum atomic E-state index is 13.4. The molecular weight excluding hydrogens is 555 g/mol. The first-order valence-corrected chi connectivity index (χ1v) is 13.2. The third-order valence-corrected chi connectivity index (χ3v) is 7.43. The zero-order chi connectivity index (χ0) is 28.8. The molecule has 3 aromatic carbocycles. The highest BCUT2D eigenvalue weighted by Crippen LogP contribution is 2.38. The lowest BCUT2D eigenvalue weighted by Crippen LogP contribution is -2.50. The van der Waals surface area contributed by atoms with Gasteiger partial charge in [0.15, 0.2) is 11.5 Å². The lowest BCUT2D eigenvalue weighted by molar-refractivity contribution is -0.127. The van der Waals surface area contributed by atoms with Crippen LogP contribution < -0.4 is 18.9 Å². The molecule has 0 unspecified atom stereocenters. The second-order valence-electron chi connectivity index (χ2n) is 8.95. The van der Waals surface area contributed by atoms with Crippen molar-refractivity contribution in [2.24, 2.45) is 0 Å². The second kappa shape index (κ2) is 13.0. The number of methoxy groups -OCH3 is 4. The van der Waals surface area contributed by atoms with Gasteiger partial charge in [0.1, 0.15) is 5.75 Å². The molecule has 2 amide bonds. The number of carbonyl (C=O) groups is 2. The van der Waals surface area contributed by atoms with Crippen molar-refractivity contribution in [3.8, 4) is 23.0 Å². The van der Waals surface area contributed by atoms with E-state index in [9.17, 15) is 9.59 Å². The monoisotopic (exact) mass is 584 g/mol. The number of hydrogen-bond acceptors (Lipinski definition) is 6. The van der Waals surface area contributed by atoms with Crippen LogP contribution in [0.25, 0.3) is 5.57 Å². The zero-order valence-corrected chi connectivity index (χ0v) is 24.2. The third-order valence-electron chi connectivity index (χ3n) is 6.69. The van der Waals surface area contributed by atoms with Crippen LogP contribution in [0.4, 0.5) is 0 Å². The van der Waals surface area contributed by atoms with Gasteiger partial charge in [-0.3, -0.25) is 9.59 Å². The summed E-state index contributed by atoms with van der Waals surface area (Å²) < 4.78 is 21.4. The minimum Gasteiger partial charge on any atom is -0.497 e. The van der Waals surface area contributed by atoms with Gasteiger partial charge in [-0.1, -0.05) is 41.4 Å². The SMILES string of the molecule is COc1ccc(/C(=C/C(=O)N2CCN(C(=O)c3cc(OC)c(OC)c(OC)c3)CC2)c2ccc(Cl)c(Cl)c2)cc1. The van der Waals surface area contributed by atoms with E-state index in [-0.39, 0.29) is 11.8 Å². The first-order valence-electron chi connectivity index (χ1n) is 12.5. The van der Waals surface area contributed by atoms with Crippen LogP contribution in [0.1, 0.15) is 21.5 Å². The largest absolute Gasteiger partial charge is 0.497 e. The Morgan fingerprint density at radius 3 is 1.77 bits per heavy atom. The van der Waals surface area contributed by atoms with Crippen LogP contribution >= 0.6 is 23.2 Å². The number of nitrogens with zero attached hydrogens (tertiary/aromatic N) is 2. The van der Waals surface area contributed by atoms with Crippen LogP contribution in [0.3, 0.4) is 0 Å². The second-order valence-corrected chi connectivity index (χ2v) is 9.76. The van der Waals surface area contributed by atoms with Crippen molar-refractivity contribution in [1.29, 1.82) is 0 Å². The molecule has 3 aromatic rings. The summed E-state index contributed by atoms with van der Waals surface area (Å²) in [6, 6.07) is 16.0. The molecule has 0 atom stereocenters. The average Bonchev–Trinajstić information content (AvgIpc) is 3.00. The summed E-state index contributed by atoms with van der Waals surface area (Å²) >= 11 is 12.4. The molecule has 0 radical (unpaired) electrons. The number of benzene rings is 3. The minimum absolute atomic E-state index is 0.170. The molecule has 0 aromatic heterocycles. The Balaban J connectivity index is 1.53. The number of rotatable bonds is 8. The van der Waals surface area contributed by atoms with Crippen molar-refractivity contribution >= 4 is 40.6 Å². The van der Waals surface area contributed by atoms with E-state index in [1.807, 2.05) is 30.3 Å². The van der Waals surface area contributed by atoms with Crippen LogP contribution in [-0.2, 0) is 4.79 Å². The van der Waals surface area contributed by atoms with Gasteiger partial charge >= 0.3 is 0 Å². The highest BCUT2D eigenvalue weighted by Gasteiger charge is 2.26. The predicted octanol–water partition coefficient (Wildman–Crippen LogP) is 5.44. The van der Waals surface area contributed by atoms with Crippen molar-refractivity contribution < 1.29 is 28.5 Å². The first-order chi connectivity index (χ1) is 19.3. The van der Waals surface area contributed by atoms with Crippen LogP contribution in [0.15, 0.2) is 60.7 Å². The highest BCUT2D eigenvalue weighted by molar-refractivity contribution is 6.42. The number of carbonyl (C=O) groups excluding carboxylic acids is 2. The average molecular weight is 585 g/mol. The lowest BCUT2D eigenvalue weighted by Gasteiger charge is -2.34. The molecule has 0 aliphatic carbocycles. The maximum absolute atomic E-state index is 13.4. The summed E-state index contributed by atoms with van der Waals surface area (Å²) in [5, 5.41) is 0.823. The van der Waals surface area contributed by atoms with Gasteiger partial charge in [-0.05, 0) is 53.1 Å². The lowest BCUT2D eigenvalue weighted by atomic mass is 9.97. The summed E-state index contributed by atoms with van der Waals surface area (Å²) in [4.78, 5) is 30.2. The van der Waals surface area contributed by atoms with Crippen molar-refractivity contribution in [3.05, 3.63) is 87.4 Å². The third kappa shape index (κ3) is 6.29. The summed E-state index contributed by atoms with van der Waals surface area (Å²) in [6.45, 7) is 1.50. The smallest absolute Gasteiger partial charge is 0.254 e. The van der Waals surface area contributed by atoms with Gasteiger partial charge in [0.25, 0.3) is 5.91 Å². The Hall–Kier alpha value is -3.88. The molecule has 210 valence electrons. The van der Waals surface area contributed by atoms with E-state index in [1.54, 1.807) is 47.3 Å². The van der Waals surface area contributed by atoms with Crippen molar-refractivity contribution in [2.75, 3.05) is 54.6 Å². The normalized spacial score (nSPS) is 13.6. The number of piperazine rings is 1. The van der Waals surface area contributed by atoms with E-state index in [4.69, 9.17) is 42.1 Å². The molecule has 4 rings (SSSR count). The number of amides is 2. The molecule has 0 spiro atoms. The summed E-state index contributed by atoms with van der Waals surface area (Å²) in [6.07, 6.45) is 1.60. The fraction of sp³-hybridized carbons (Fsp3) is 0.267. The van der Waals surface area contributed by atoms with E-state index in [0.717, 1.165) is 11.1 Å². The van der Waals surface area contributed by atoms with Gasteiger partial charge in [0.05, 0.1) is 38.5 Å². The van der Waals surface area contributed by atoms with Gasteiger partial charge in [0, 0.05) is 37.8 Å². The topological polar surface area (TPSA) is 77.5 Å². The van der Waals surface area contributed by atoms with Crippen LogP contribution in [-0.4, -0.2) is 76.2 Å². The number of ether oxygens (including phenoxy) is 4. The molecule has 0 saturated carbocycles. The Morgan fingerprint density at radius 1 is 0.675 bits per heavy atom. The van der Waals surface area contributed by atoms with E-state index >= 15 is 0 Å². The predicted molar refractivity (Wildman–Crippen MR) is 155 cm³/mol. The molecule has 0 bridgehead atoms. The Bertz CT molecular complexity index is 1390. The van der Waals surface area contributed by atoms with Gasteiger partial charge in [-0.15, -0.1) is 0 Å². The van der Waals surface area contributed by atoms with Crippen LogP contribution in [0, 0.1) is 0 Å².